The molecule has 1 saturated heterocycles. The van der Waals surface area contributed by atoms with E-state index in [1.165, 1.54) is 25.6 Å². The van der Waals surface area contributed by atoms with Gasteiger partial charge in [0.05, 0.1) is 18.7 Å². The van der Waals surface area contributed by atoms with Gasteiger partial charge in [0.25, 0.3) is 11.7 Å². The summed E-state index contributed by atoms with van der Waals surface area (Å²) in [5.74, 6) is -3.85. The minimum absolute atomic E-state index is 0.0144. The Hall–Kier alpha value is -4.07. The van der Waals surface area contributed by atoms with E-state index in [0.717, 1.165) is 22.6 Å². The number of benzene rings is 2. The number of aliphatic hydroxyl groups excluding tert-OH is 1. The van der Waals surface area contributed by atoms with E-state index in [1.807, 2.05) is 13.8 Å². The summed E-state index contributed by atoms with van der Waals surface area (Å²) in [6.07, 6.45) is 2.95. The zero-order valence-corrected chi connectivity index (χ0v) is 18.8. The number of amides is 1. The third-order valence-corrected chi connectivity index (χ3v) is 5.77. The van der Waals surface area contributed by atoms with Crippen molar-refractivity contribution in [1.82, 2.24) is 4.98 Å². The van der Waals surface area contributed by atoms with Crippen molar-refractivity contribution in [3.63, 3.8) is 0 Å². The number of anilines is 1. The van der Waals surface area contributed by atoms with Crippen LogP contribution in [0.2, 0.25) is 0 Å². The lowest BCUT2D eigenvalue weighted by atomic mass is 9.93. The normalized spacial score (nSPS) is 17.5. The van der Waals surface area contributed by atoms with E-state index in [1.54, 1.807) is 30.3 Å². The van der Waals surface area contributed by atoms with E-state index in [4.69, 9.17) is 4.74 Å². The first-order valence-electron chi connectivity index (χ1n) is 10.6. The van der Waals surface area contributed by atoms with Gasteiger partial charge in [0.15, 0.2) is 11.6 Å². The Morgan fingerprint density at radius 3 is 2.35 bits per heavy atom. The second-order valence-electron chi connectivity index (χ2n) is 8.16. The Labute approximate surface area is 195 Å². The fraction of sp³-hybridized carbons (Fsp3) is 0.192. The molecule has 0 radical (unpaired) electrons. The Kier molecular flexibility index (Phi) is 6.15. The van der Waals surface area contributed by atoms with Gasteiger partial charge in [0, 0.05) is 29.7 Å². The van der Waals surface area contributed by atoms with E-state index in [0.29, 0.717) is 16.9 Å². The van der Waals surface area contributed by atoms with Gasteiger partial charge in [-0.1, -0.05) is 13.8 Å². The summed E-state index contributed by atoms with van der Waals surface area (Å²) in [4.78, 5) is 31.3. The monoisotopic (exact) mass is 464 g/mol. The maximum atomic E-state index is 14.0. The zero-order valence-electron chi connectivity index (χ0n) is 18.8. The van der Waals surface area contributed by atoms with Crippen molar-refractivity contribution in [3.05, 3.63) is 94.8 Å². The van der Waals surface area contributed by atoms with Gasteiger partial charge in [-0.15, -0.1) is 0 Å². The number of Topliss-reactive ketones (excluding diaryl/α,β-unsaturated/α-hetero) is 1. The Morgan fingerprint density at radius 1 is 1.03 bits per heavy atom. The zero-order chi connectivity index (χ0) is 24.6. The summed E-state index contributed by atoms with van der Waals surface area (Å²) < 4.78 is 33.0. The van der Waals surface area contributed by atoms with Crippen molar-refractivity contribution in [3.8, 4) is 5.75 Å². The highest BCUT2D eigenvalue weighted by Crippen LogP contribution is 2.42. The molecule has 1 aliphatic heterocycles. The molecule has 3 aromatic rings. The average Bonchev–Trinajstić information content (AvgIpc) is 3.11. The number of methoxy groups -OCH3 is 1. The Balaban J connectivity index is 1.94. The van der Waals surface area contributed by atoms with E-state index < -0.39 is 29.4 Å². The number of halogens is 2. The lowest BCUT2D eigenvalue weighted by Crippen LogP contribution is -2.29. The van der Waals surface area contributed by atoms with Crippen LogP contribution in [0.15, 0.2) is 66.5 Å². The molecule has 174 valence electrons. The van der Waals surface area contributed by atoms with Crippen LogP contribution < -0.4 is 9.64 Å². The number of aliphatic hydroxyl groups is 1. The minimum atomic E-state index is -1.16. The minimum Gasteiger partial charge on any atom is -0.507 e. The largest absolute Gasteiger partial charge is 0.507 e. The van der Waals surface area contributed by atoms with Gasteiger partial charge in [0.1, 0.15) is 11.5 Å². The third-order valence-electron chi connectivity index (χ3n) is 5.77. The van der Waals surface area contributed by atoms with Crippen molar-refractivity contribution in [2.45, 2.75) is 25.8 Å². The molecule has 1 N–H and O–H groups in total. The molecule has 2 heterocycles. The van der Waals surface area contributed by atoms with Crippen LogP contribution in [0.5, 0.6) is 5.75 Å². The summed E-state index contributed by atoms with van der Waals surface area (Å²) in [5, 5.41) is 11.3. The highest BCUT2D eigenvalue weighted by molar-refractivity contribution is 6.51. The molecule has 1 aromatic heterocycles. The molecule has 0 aliphatic carbocycles. The summed E-state index contributed by atoms with van der Waals surface area (Å²) in [6.45, 7) is 3.92. The van der Waals surface area contributed by atoms with Crippen LogP contribution in [0, 0.1) is 11.6 Å². The maximum Gasteiger partial charge on any atom is 0.300 e. The number of ketones is 1. The quantitative estimate of drug-likeness (QED) is 0.322. The molecule has 8 heteroatoms. The fourth-order valence-electron chi connectivity index (χ4n) is 4.08. The van der Waals surface area contributed by atoms with Gasteiger partial charge >= 0.3 is 0 Å². The molecule has 0 bridgehead atoms. The fourth-order valence-corrected chi connectivity index (χ4v) is 4.08. The van der Waals surface area contributed by atoms with Crippen LogP contribution >= 0.6 is 0 Å². The van der Waals surface area contributed by atoms with Crippen molar-refractivity contribution in [2.24, 2.45) is 0 Å². The summed E-state index contributed by atoms with van der Waals surface area (Å²) in [6, 6.07) is 10.0. The molecule has 1 atom stereocenters. The number of ether oxygens (including phenoxy) is 1. The maximum absolute atomic E-state index is 14.0. The van der Waals surface area contributed by atoms with E-state index in [-0.39, 0.29) is 22.9 Å². The number of carbonyl (C=O) groups excluding carboxylic acids is 2. The number of aromatic nitrogens is 1. The average molecular weight is 464 g/mol. The van der Waals surface area contributed by atoms with Crippen molar-refractivity contribution in [1.29, 1.82) is 0 Å². The molecule has 34 heavy (non-hydrogen) atoms. The van der Waals surface area contributed by atoms with Crippen molar-refractivity contribution in [2.75, 3.05) is 12.0 Å². The second-order valence-corrected chi connectivity index (χ2v) is 8.16. The number of nitrogens with zero attached hydrogens (tertiary/aromatic N) is 2. The highest BCUT2D eigenvalue weighted by Gasteiger charge is 2.47. The van der Waals surface area contributed by atoms with Crippen LogP contribution in [-0.2, 0) is 9.59 Å². The summed E-state index contributed by atoms with van der Waals surface area (Å²) >= 11 is 0. The lowest BCUT2D eigenvalue weighted by molar-refractivity contribution is -0.132. The number of carbonyl (C=O) groups is 2. The first-order valence-corrected chi connectivity index (χ1v) is 10.6. The smallest absolute Gasteiger partial charge is 0.300 e. The molecule has 2 aromatic carbocycles. The van der Waals surface area contributed by atoms with Crippen LogP contribution in [-0.4, -0.2) is 28.9 Å². The predicted octanol–water partition coefficient (Wildman–Crippen LogP) is 5.12. The molecule has 0 saturated carbocycles. The molecule has 1 aliphatic rings. The van der Waals surface area contributed by atoms with Gasteiger partial charge in [0.2, 0.25) is 0 Å². The molecule has 4 rings (SSSR count). The Bertz CT molecular complexity index is 1310. The second kappa shape index (κ2) is 9.05. The lowest BCUT2D eigenvalue weighted by Gasteiger charge is -2.25. The number of pyridine rings is 1. The molecule has 6 nitrogen and oxygen atoms in total. The third kappa shape index (κ3) is 3.91. The first-order chi connectivity index (χ1) is 16.2. The molecular formula is C26H22F2N2O4. The number of rotatable bonds is 5. The molecule has 1 unspecified atom stereocenters. The molecule has 1 fully saturated rings. The summed E-state index contributed by atoms with van der Waals surface area (Å²) in [5.41, 5.74) is 1.42. The van der Waals surface area contributed by atoms with E-state index in [2.05, 4.69) is 4.98 Å². The standard InChI is InChI=1S/C26H22F2N2O4/c1-14(2)18-12-16(4-7-21(18)34-3)24(31)22-23(15-8-10-29-11-9-15)30(26(33)25(22)32)17-5-6-19(27)20(28)13-17/h4-14,23,31H,1-3H3/b24-22-. The molecular weight excluding hydrogens is 442 g/mol. The highest BCUT2D eigenvalue weighted by atomic mass is 19.2. The van der Waals surface area contributed by atoms with E-state index >= 15 is 0 Å². The summed E-state index contributed by atoms with van der Waals surface area (Å²) in [7, 11) is 1.54. The van der Waals surface area contributed by atoms with Gasteiger partial charge in [-0.3, -0.25) is 19.5 Å². The first kappa shape index (κ1) is 23.1. The van der Waals surface area contributed by atoms with Crippen LogP contribution in [0.1, 0.15) is 42.5 Å². The van der Waals surface area contributed by atoms with Crippen molar-refractivity contribution >= 4 is 23.1 Å². The van der Waals surface area contributed by atoms with Gasteiger partial charge in [-0.25, -0.2) is 8.78 Å². The van der Waals surface area contributed by atoms with Gasteiger partial charge in [-0.05, 0) is 59.5 Å². The SMILES string of the molecule is COc1ccc(/C(O)=C2/C(=O)C(=O)N(c3ccc(F)c(F)c3)C2c2ccncc2)cc1C(C)C. The van der Waals surface area contributed by atoms with Crippen LogP contribution in [0.25, 0.3) is 5.76 Å². The topological polar surface area (TPSA) is 79.7 Å². The predicted molar refractivity (Wildman–Crippen MR) is 122 cm³/mol. The van der Waals surface area contributed by atoms with Gasteiger partial charge < -0.3 is 9.84 Å². The van der Waals surface area contributed by atoms with Crippen LogP contribution in [0.4, 0.5) is 14.5 Å². The molecule has 0 spiro atoms. The molecule has 1 amide bonds. The van der Waals surface area contributed by atoms with Crippen LogP contribution in [0.3, 0.4) is 0 Å². The number of hydrogen-bond donors (Lipinski definition) is 1. The van der Waals surface area contributed by atoms with E-state index in [9.17, 15) is 23.5 Å². The van der Waals surface area contributed by atoms with Crippen molar-refractivity contribution < 1.29 is 28.2 Å². The number of hydrogen-bond acceptors (Lipinski definition) is 5. The van der Waals surface area contributed by atoms with Gasteiger partial charge in [-0.2, -0.15) is 0 Å². The Morgan fingerprint density at radius 2 is 1.74 bits per heavy atom.